The zero-order valence-electron chi connectivity index (χ0n) is 23.4. The van der Waals surface area contributed by atoms with Crippen LogP contribution in [0.25, 0.3) is 11.0 Å². The number of carbonyl (C=O) groups is 1. The standard InChI is InChI=1S/C30H36FN7O2/c1-5-37-12-14-38(15-13-37)19-29(39)35-28-18-23(10-11-32-28)40-22-7-9-27-26(17-22)34-30(36(27)4)33-21-6-8-25(31)24(16-21)20(2)3/h6-11,16-18,20H,5,12-15,19H2,1-4H3,(H,33,34)(H,32,35,39). The van der Waals surface area contributed by atoms with E-state index in [-0.39, 0.29) is 17.6 Å². The van der Waals surface area contributed by atoms with E-state index in [0.717, 1.165) is 49.4 Å². The molecule has 9 nitrogen and oxygen atoms in total. The third-order valence-corrected chi connectivity index (χ3v) is 7.24. The number of piperazine rings is 1. The minimum Gasteiger partial charge on any atom is -0.457 e. The average molecular weight is 546 g/mol. The first-order valence-electron chi connectivity index (χ1n) is 13.7. The first-order valence-corrected chi connectivity index (χ1v) is 13.7. The maximum atomic E-state index is 14.1. The van der Waals surface area contributed by atoms with Crippen LogP contribution in [0, 0.1) is 5.82 Å². The van der Waals surface area contributed by atoms with E-state index in [1.54, 1.807) is 24.4 Å². The van der Waals surface area contributed by atoms with Gasteiger partial charge in [0.25, 0.3) is 0 Å². The summed E-state index contributed by atoms with van der Waals surface area (Å²) in [6.45, 7) is 11.2. The van der Waals surface area contributed by atoms with Crippen molar-refractivity contribution in [1.29, 1.82) is 0 Å². The van der Waals surface area contributed by atoms with Crippen molar-refractivity contribution in [2.75, 3.05) is 49.9 Å². The second-order valence-electron chi connectivity index (χ2n) is 10.4. The van der Waals surface area contributed by atoms with Crippen molar-refractivity contribution in [3.05, 3.63) is 66.1 Å². The van der Waals surface area contributed by atoms with Gasteiger partial charge in [0.15, 0.2) is 0 Å². The highest BCUT2D eigenvalue weighted by Gasteiger charge is 2.18. The third kappa shape index (κ3) is 6.40. The summed E-state index contributed by atoms with van der Waals surface area (Å²) in [5.74, 6) is 2.02. The predicted octanol–water partition coefficient (Wildman–Crippen LogP) is 5.34. The van der Waals surface area contributed by atoms with Crippen molar-refractivity contribution in [2.45, 2.75) is 26.7 Å². The lowest BCUT2D eigenvalue weighted by molar-refractivity contribution is -0.117. The highest BCUT2D eigenvalue weighted by molar-refractivity contribution is 5.91. The van der Waals surface area contributed by atoms with Crippen LogP contribution < -0.4 is 15.4 Å². The first-order chi connectivity index (χ1) is 19.3. The lowest BCUT2D eigenvalue weighted by Gasteiger charge is -2.33. The Hall–Kier alpha value is -4.02. The number of hydrogen-bond acceptors (Lipinski definition) is 7. The summed E-state index contributed by atoms with van der Waals surface area (Å²) < 4.78 is 22.2. The number of ether oxygens (including phenoxy) is 1. The van der Waals surface area contributed by atoms with Crippen LogP contribution in [0.4, 0.5) is 21.8 Å². The van der Waals surface area contributed by atoms with E-state index in [4.69, 9.17) is 9.72 Å². The van der Waals surface area contributed by atoms with Gasteiger partial charge in [-0.05, 0) is 54.4 Å². The van der Waals surface area contributed by atoms with E-state index in [1.165, 1.54) is 6.07 Å². The number of hydrogen-bond donors (Lipinski definition) is 2. The van der Waals surface area contributed by atoms with E-state index < -0.39 is 0 Å². The number of fused-ring (bicyclic) bond motifs is 1. The SMILES string of the molecule is CCN1CCN(CC(=O)Nc2cc(Oc3ccc4c(c3)nc(Nc3ccc(F)c(C(C)C)c3)n4C)ccn2)CC1. The largest absolute Gasteiger partial charge is 0.457 e. The molecule has 1 amide bonds. The Labute approximate surface area is 234 Å². The Bertz CT molecular complexity index is 1490. The Kier molecular flexibility index (Phi) is 8.27. The maximum absolute atomic E-state index is 14.1. The fourth-order valence-electron chi connectivity index (χ4n) is 4.88. The highest BCUT2D eigenvalue weighted by Crippen LogP contribution is 2.30. The highest BCUT2D eigenvalue weighted by atomic mass is 19.1. The number of halogens is 1. The van der Waals surface area contributed by atoms with Gasteiger partial charge in [0, 0.05) is 57.2 Å². The number of aryl methyl sites for hydroxylation is 1. The number of pyridine rings is 1. The number of rotatable bonds is 9. The number of nitrogens with one attached hydrogen (secondary N) is 2. The number of likely N-dealkylation sites (N-methyl/N-ethyl adjacent to an activating group) is 1. The molecule has 1 aliphatic rings. The number of amides is 1. The van der Waals surface area contributed by atoms with Crippen LogP contribution in [0.5, 0.6) is 11.5 Å². The summed E-state index contributed by atoms with van der Waals surface area (Å²) in [5, 5.41) is 6.19. The molecule has 2 N–H and O–H groups in total. The van der Waals surface area contributed by atoms with Crippen LogP contribution in [0.3, 0.4) is 0 Å². The number of benzene rings is 2. The summed E-state index contributed by atoms with van der Waals surface area (Å²) in [6, 6.07) is 14.1. The van der Waals surface area contributed by atoms with Gasteiger partial charge in [-0.2, -0.15) is 0 Å². The molecule has 1 fully saturated rings. The quantitative estimate of drug-likeness (QED) is 0.293. The van der Waals surface area contributed by atoms with E-state index in [0.29, 0.717) is 35.4 Å². The molecule has 3 heterocycles. The zero-order chi connectivity index (χ0) is 28.2. The van der Waals surface area contributed by atoms with Crippen molar-refractivity contribution in [1.82, 2.24) is 24.3 Å². The van der Waals surface area contributed by atoms with Gasteiger partial charge in [0.2, 0.25) is 11.9 Å². The minimum atomic E-state index is -0.211. The number of nitrogens with zero attached hydrogens (tertiary/aromatic N) is 5. The molecule has 0 unspecified atom stereocenters. The van der Waals surface area contributed by atoms with Crippen LogP contribution >= 0.6 is 0 Å². The molecule has 40 heavy (non-hydrogen) atoms. The molecule has 0 aliphatic carbocycles. The van der Waals surface area contributed by atoms with E-state index >= 15 is 0 Å². The van der Waals surface area contributed by atoms with Crippen molar-refractivity contribution in [3.8, 4) is 11.5 Å². The van der Waals surface area contributed by atoms with Crippen molar-refractivity contribution >= 4 is 34.4 Å². The van der Waals surface area contributed by atoms with Gasteiger partial charge in [-0.25, -0.2) is 14.4 Å². The van der Waals surface area contributed by atoms with Crippen LogP contribution in [-0.2, 0) is 11.8 Å². The number of aromatic nitrogens is 3. The molecule has 0 radical (unpaired) electrons. The molecule has 0 atom stereocenters. The molecule has 0 saturated carbocycles. The summed E-state index contributed by atoms with van der Waals surface area (Å²) in [4.78, 5) is 26.1. The van der Waals surface area contributed by atoms with Gasteiger partial charge in [-0.3, -0.25) is 9.69 Å². The first kappa shape index (κ1) is 27.5. The molecule has 210 valence electrons. The summed E-state index contributed by atoms with van der Waals surface area (Å²) >= 11 is 0. The van der Waals surface area contributed by atoms with E-state index in [1.807, 2.05) is 49.7 Å². The van der Waals surface area contributed by atoms with E-state index in [9.17, 15) is 9.18 Å². The Morgan fingerprint density at radius 2 is 1.77 bits per heavy atom. The fraction of sp³-hybridized carbons (Fsp3) is 0.367. The Morgan fingerprint density at radius 1 is 1.02 bits per heavy atom. The van der Waals surface area contributed by atoms with Gasteiger partial charge in [0.1, 0.15) is 23.1 Å². The third-order valence-electron chi connectivity index (χ3n) is 7.24. The summed E-state index contributed by atoms with van der Waals surface area (Å²) in [5.41, 5.74) is 3.10. The minimum absolute atomic E-state index is 0.0747. The molecular weight excluding hydrogens is 509 g/mol. The lowest BCUT2D eigenvalue weighted by atomic mass is 10.0. The Balaban J connectivity index is 1.24. The van der Waals surface area contributed by atoms with Crippen LogP contribution in [-0.4, -0.2) is 69.5 Å². The lowest BCUT2D eigenvalue weighted by Crippen LogP contribution is -2.48. The normalized spacial score (nSPS) is 14.6. The van der Waals surface area contributed by atoms with Gasteiger partial charge in [-0.15, -0.1) is 0 Å². The van der Waals surface area contributed by atoms with Crippen LogP contribution in [0.2, 0.25) is 0 Å². The average Bonchev–Trinajstić information content (AvgIpc) is 3.24. The van der Waals surface area contributed by atoms with Gasteiger partial charge >= 0.3 is 0 Å². The molecule has 5 rings (SSSR count). The second kappa shape index (κ2) is 12.0. The number of imidazole rings is 1. The molecule has 2 aromatic heterocycles. The summed E-state index contributed by atoms with van der Waals surface area (Å²) in [6.07, 6.45) is 1.61. The predicted molar refractivity (Wildman–Crippen MR) is 156 cm³/mol. The van der Waals surface area contributed by atoms with Crippen molar-refractivity contribution in [3.63, 3.8) is 0 Å². The van der Waals surface area contributed by atoms with Gasteiger partial charge < -0.3 is 24.8 Å². The monoisotopic (exact) mass is 545 g/mol. The molecule has 0 bridgehead atoms. The van der Waals surface area contributed by atoms with Gasteiger partial charge in [0.05, 0.1) is 17.6 Å². The molecule has 4 aromatic rings. The van der Waals surface area contributed by atoms with E-state index in [2.05, 4.69) is 32.3 Å². The number of carbonyl (C=O) groups excluding carboxylic acids is 1. The molecule has 2 aromatic carbocycles. The van der Waals surface area contributed by atoms with Crippen LogP contribution in [0.1, 0.15) is 32.3 Å². The smallest absolute Gasteiger partial charge is 0.239 e. The van der Waals surface area contributed by atoms with Crippen LogP contribution in [0.15, 0.2) is 54.7 Å². The maximum Gasteiger partial charge on any atom is 0.239 e. The molecule has 1 saturated heterocycles. The zero-order valence-corrected chi connectivity index (χ0v) is 23.4. The molecule has 10 heteroatoms. The summed E-state index contributed by atoms with van der Waals surface area (Å²) in [7, 11) is 1.92. The topological polar surface area (TPSA) is 87.5 Å². The number of anilines is 3. The second-order valence-corrected chi connectivity index (χ2v) is 10.4. The van der Waals surface area contributed by atoms with Gasteiger partial charge in [-0.1, -0.05) is 20.8 Å². The molecular formula is C30H36FN7O2. The van der Waals surface area contributed by atoms with Crippen molar-refractivity contribution in [2.24, 2.45) is 7.05 Å². The molecule has 0 spiro atoms. The molecule has 1 aliphatic heterocycles. The fourth-order valence-corrected chi connectivity index (χ4v) is 4.88. The van der Waals surface area contributed by atoms with Crippen molar-refractivity contribution < 1.29 is 13.9 Å². The Morgan fingerprint density at radius 3 is 2.52 bits per heavy atom.